The molecule has 0 aromatic heterocycles. The summed E-state index contributed by atoms with van der Waals surface area (Å²) in [5.41, 5.74) is -0.0347. The number of benzene rings is 1. The fourth-order valence-electron chi connectivity index (χ4n) is 5.86. The third-order valence-corrected chi connectivity index (χ3v) is 6.24. The molecular weight excluding hydrogens is 307 g/mol. The summed E-state index contributed by atoms with van der Waals surface area (Å²) in [6, 6.07) is 2.77. The lowest BCUT2D eigenvalue weighted by atomic mass is 9.48. The molecule has 4 aliphatic rings. The van der Waals surface area contributed by atoms with Crippen molar-refractivity contribution in [2.45, 2.75) is 43.9 Å². The molecule has 0 atom stereocenters. The zero-order valence-corrected chi connectivity index (χ0v) is 13.8. The van der Waals surface area contributed by atoms with Gasteiger partial charge in [-0.25, -0.2) is 9.18 Å². The van der Waals surface area contributed by atoms with Gasteiger partial charge in [-0.1, -0.05) is 12.7 Å². The molecule has 4 saturated carbocycles. The van der Waals surface area contributed by atoms with E-state index in [-0.39, 0.29) is 23.3 Å². The van der Waals surface area contributed by atoms with E-state index >= 15 is 4.39 Å². The summed E-state index contributed by atoms with van der Waals surface area (Å²) in [6.07, 6.45) is 7.95. The van der Waals surface area contributed by atoms with E-state index in [1.54, 1.807) is 0 Å². The molecule has 0 saturated heterocycles. The predicted octanol–water partition coefficient (Wildman–Crippen LogP) is 4.34. The van der Waals surface area contributed by atoms with Crippen LogP contribution in [-0.4, -0.2) is 17.7 Å². The van der Waals surface area contributed by atoms with Crippen molar-refractivity contribution in [2.75, 3.05) is 6.61 Å². The highest BCUT2D eigenvalue weighted by Crippen LogP contribution is 2.62. The number of halogens is 1. The van der Waals surface area contributed by atoms with Gasteiger partial charge >= 0.3 is 5.97 Å². The molecule has 5 rings (SSSR count). The molecule has 1 aromatic carbocycles. The molecule has 0 amide bonds. The Morgan fingerprint density at radius 3 is 2.38 bits per heavy atom. The van der Waals surface area contributed by atoms with Gasteiger partial charge in [-0.3, -0.25) is 0 Å². The largest absolute Gasteiger partial charge is 0.508 e. The van der Waals surface area contributed by atoms with E-state index in [1.807, 2.05) is 0 Å². The van der Waals surface area contributed by atoms with Crippen molar-refractivity contribution in [2.24, 2.45) is 17.8 Å². The third kappa shape index (κ3) is 2.35. The maximum atomic E-state index is 15.2. The number of hydrogen-bond donors (Lipinski definition) is 1. The van der Waals surface area contributed by atoms with Crippen LogP contribution in [0.4, 0.5) is 4.39 Å². The van der Waals surface area contributed by atoms with Gasteiger partial charge in [0.25, 0.3) is 0 Å². The van der Waals surface area contributed by atoms with Crippen LogP contribution in [0.15, 0.2) is 24.8 Å². The van der Waals surface area contributed by atoms with Crippen LogP contribution in [-0.2, 0) is 10.2 Å². The van der Waals surface area contributed by atoms with Gasteiger partial charge in [-0.2, -0.15) is 0 Å². The number of phenols is 1. The Hall–Kier alpha value is -1.84. The van der Waals surface area contributed by atoms with Gasteiger partial charge in [0.05, 0.1) is 5.56 Å². The summed E-state index contributed by atoms with van der Waals surface area (Å²) >= 11 is 0. The highest BCUT2D eigenvalue weighted by atomic mass is 19.1. The Kier molecular flexibility index (Phi) is 3.66. The summed E-state index contributed by atoms with van der Waals surface area (Å²) in [5, 5.41) is 10.4. The fourth-order valence-corrected chi connectivity index (χ4v) is 5.86. The maximum absolute atomic E-state index is 15.2. The average molecular weight is 330 g/mol. The lowest BCUT2D eigenvalue weighted by Gasteiger charge is -2.57. The van der Waals surface area contributed by atoms with Crippen molar-refractivity contribution in [1.29, 1.82) is 0 Å². The number of carbonyl (C=O) groups excluding carboxylic acids is 1. The molecule has 0 aliphatic heterocycles. The first-order valence-electron chi connectivity index (χ1n) is 8.82. The van der Waals surface area contributed by atoms with Crippen molar-refractivity contribution in [1.82, 2.24) is 0 Å². The number of rotatable bonds is 4. The van der Waals surface area contributed by atoms with Crippen LogP contribution in [0.3, 0.4) is 0 Å². The van der Waals surface area contributed by atoms with E-state index in [4.69, 9.17) is 4.74 Å². The zero-order valence-electron chi connectivity index (χ0n) is 13.8. The molecule has 0 radical (unpaired) electrons. The predicted molar refractivity (Wildman–Crippen MR) is 88.4 cm³/mol. The molecule has 4 bridgehead atoms. The first kappa shape index (κ1) is 15.7. The van der Waals surface area contributed by atoms with Gasteiger partial charge in [-0.15, -0.1) is 0 Å². The van der Waals surface area contributed by atoms with Crippen molar-refractivity contribution >= 4 is 5.97 Å². The summed E-state index contributed by atoms with van der Waals surface area (Å²) in [6.45, 7) is 3.54. The summed E-state index contributed by atoms with van der Waals surface area (Å²) in [7, 11) is 0. The Morgan fingerprint density at radius 1 is 1.25 bits per heavy atom. The van der Waals surface area contributed by atoms with Crippen LogP contribution >= 0.6 is 0 Å². The third-order valence-electron chi connectivity index (χ3n) is 6.24. The minimum Gasteiger partial charge on any atom is -0.508 e. The molecule has 4 heteroatoms. The Labute approximate surface area is 141 Å². The maximum Gasteiger partial charge on any atom is 0.341 e. The Bertz CT molecular complexity index is 659. The van der Waals surface area contributed by atoms with Crippen molar-refractivity contribution in [3.8, 4) is 5.75 Å². The van der Waals surface area contributed by atoms with Crippen molar-refractivity contribution in [3.05, 3.63) is 41.7 Å². The van der Waals surface area contributed by atoms with Crippen molar-refractivity contribution in [3.63, 3.8) is 0 Å². The highest BCUT2D eigenvalue weighted by molar-refractivity contribution is 5.90. The molecule has 0 spiro atoms. The van der Waals surface area contributed by atoms with E-state index in [0.29, 0.717) is 23.3 Å². The lowest BCUT2D eigenvalue weighted by Crippen LogP contribution is -2.49. The molecule has 4 fully saturated rings. The molecule has 1 aromatic rings. The first-order valence-corrected chi connectivity index (χ1v) is 8.82. The van der Waals surface area contributed by atoms with Gasteiger partial charge in [0, 0.05) is 11.0 Å². The van der Waals surface area contributed by atoms with Gasteiger partial charge in [0.15, 0.2) is 0 Å². The molecule has 4 aliphatic carbocycles. The molecular formula is C20H23FO3. The van der Waals surface area contributed by atoms with Crippen LogP contribution in [0.25, 0.3) is 0 Å². The van der Waals surface area contributed by atoms with Crippen LogP contribution in [0.1, 0.15) is 54.4 Å². The second-order valence-corrected chi connectivity index (χ2v) is 7.91. The number of esters is 1. The van der Waals surface area contributed by atoms with Crippen molar-refractivity contribution < 1.29 is 19.0 Å². The number of aromatic hydroxyl groups is 1. The standard InChI is InChI=1S/C20H23FO3/c1-2-5-24-19(23)15-3-4-16(22)17(18(15)21)20-9-12-6-13(10-20)8-14(7-12)11-20/h2-4,12-14,22H,1,5-11H2. The normalized spacial score (nSPS) is 33.5. The number of ether oxygens (including phenoxy) is 1. The van der Waals surface area contributed by atoms with Crippen LogP contribution < -0.4 is 0 Å². The smallest absolute Gasteiger partial charge is 0.341 e. The van der Waals surface area contributed by atoms with Crippen LogP contribution in [0.5, 0.6) is 5.75 Å². The second kappa shape index (κ2) is 5.61. The molecule has 0 heterocycles. The topological polar surface area (TPSA) is 46.5 Å². The molecule has 3 nitrogen and oxygen atoms in total. The van der Waals surface area contributed by atoms with E-state index < -0.39 is 11.8 Å². The van der Waals surface area contributed by atoms with Gasteiger partial charge in [0.2, 0.25) is 0 Å². The second-order valence-electron chi connectivity index (χ2n) is 7.91. The summed E-state index contributed by atoms with van der Waals surface area (Å²) < 4.78 is 20.2. The lowest BCUT2D eigenvalue weighted by molar-refractivity contribution is -0.00785. The van der Waals surface area contributed by atoms with E-state index in [1.165, 1.54) is 37.5 Å². The SMILES string of the molecule is C=CCOC(=O)c1ccc(O)c(C23CC4CC(CC(C4)C2)C3)c1F. The summed E-state index contributed by atoms with van der Waals surface area (Å²) in [4.78, 5) is 12.1. The number of hydrogen-bond acceptors (Lipinski definition) is 3. The van der Waals surface area contributed by atoms with Gasteiger partial charge in [-0.05, 0) is 68.4 Å². The number of phenolic OH excluding ortho intramolecular Hbond substituents is 1. The van der Waals surface area contributed by atoms with Gasteiger partial charge < -0.3 is 9.84 Å². The first-order chi connectivity index (χ1) is 11.5. The van der Waals surface area contributed by atoms with E-state index in [9.17, 15) is 9.90 Å². The summed E-state index contributed by atoms with van der Waals surface area (Å²) in [5.74, 6) is 0.586. The van der Waals surface area contributed by atoms with Crippen LogP contribution in [0.2, 0.25) is 0 Å². The monoisotopic (exact) mass is 330 g/mol. The number of carbonyl (C=O) groups is 1. The molecule has 128 valence electrons. The quantitative estimate of drug-likeness (QED) is 0.660. The van der Waals surface area contributed by atoms with Gasteiger partial charge in [0.1, 0.15) is 18.2 Å². The fraction of sp³-hybridized carbons (Fsp3) is 0.550. The van der Waals surface area contributed by atoms with Crippen LogP contribution in [0, 0.1) is 23.6 Å². The molecule has 0 unspecified atom stereocenters. The zero-order chi connectivity index (χ0) is 16.9. The molecule has 24 heavy (non-hydrogen) atoms. The molecule has 1 N–H and O–H groups in total. The van der Waals surface area contributed by atoms with E-state index in [0.717, 1.165) is 19.3 Å². The Balaban J connectivity index is 1.75. The minimum absolute atomic E-state index is 0.0188. The average Bonchev–Trinajstić information content (AvgIpc) is 2.51. The highest BCUT2D eigenvalue weighted by Gasteiger charge is 2.53. The Morgan fingerprint density at radius 2 is 1.83 bits per heavy atom. The minimum atomic E-state index is -0.696. The van der Waals surface area contributed by atoms with E-state index in [2.05, 4.69) is 6.58 Å².